The maximum absolute atomic E-state index is 13.0. The Morgan fingerprint density at radius 3 is 2.62 bits per heavy atom. The van der Waals surface area contributed by atoms with Gasteiger partial charge in [-0.2, -0.15) is 0 Å². The average molecular weight is 242 g/mol. The number of sulfonamides is 1. The van der Waals surface area contributed by atoms with Gasteiger partial charge in [-0.3, -0.25) is 0 Å². The van der Waals surface area contributed by atoms with Crippen LogP contribution < -0.4 is 4.72 Å². The summed E-state index contributed by atoms with van der Waals surface area (Å²) in [7, 11) is -3.53. The summed E-state index contributed by atoms with van der Waals surface area (Å²) in [5, 5.41) is 0. The molecule has 1 saturated carbocycles. The molecule has 0 aromatic heterocycles. The molecule has 0 spiro atoms. The largest absolute Gasteiger partial charge is 0.240 e. The van der Waals surface area contributed by atoms with E-state index in [2.05, 4.69) is 11.6 Å². The van der Waals surface area contributed by atoms with Gasteiger partial charge in [0.15, 0.2) is 0 Å². The highest BCUT2D eigenvalue weighted by Gasteiger charge is 2.36. The summed E-state index contributed by atoms with van der Waals surface area (Å²) in [6.07, 6.45) is 0.763. The normalized spacial score (nSPS) is 24.4. The summed E-state index contributed by atoms with van der Waals surface area (Å²) in [5.74, 6) is -0.253. The summed E-state index contributed by atoms with van der Waals surface area (Å²) < 4.78 is 39.2. The fourth-order valence-electron chi connectivity index (χ4n) is 1.44. The number of aryl methyl sites for hydroxylation is 1. The van der Waals surface area contributed by atoms with Gasteiger partial charge in [0.1, 0.15) is 5.82 Å². The zero-order valence-electron chi connectivity index (χ0n) is 8.90. The second-order valence-corrected chi connectivity index (χ2v) is 5.85. The average Bonchev–Trinajstić information content (AvgIpc) is 2.85. The lowest BCUT2D eigenvalue weighted by atomic mass is 10.2. The monoisotopic (exact) mass is 242 g/mol. The summed E-state index contributed by atoms with van der Waals surface area (Å²) >= 11 is 0. The quantitative estimate of drug-likeness (QED) is 0.875. The van der Waals surface area contributed by atoms with Crippen LogP contribution in [0.4, 0.5) is 4.39 Å². The molecule has 1 aromatic carbocycles. The van der Waals surface area contributed by atoms with E-state index >= 15 is 0 Å². The first-order valence-electron chi connectivity index (χ1n) is 5.02. The maximum Gasteiger partial charge on any atom is 0.240 e. The van der Waals surface area contributed by atoms with Gasteiger partial charge in [0.25, 0.3) is 0 Å². The van der Waals surface area contributed by atoms with Gasteiger partial charge in [0.2, 0.25) is 10.0 Å². The highest BCUT2D eigenvalue weighted by atomic mass is 32.2. The third-order valence-corrected chi connectivity index (χ3v) is 4.16. The molecule has 0 amide bonds. The molecule has 87 valence electrons. The number of hydrogen-bond acceptors (Lipinski definition) is 2. The van der Waals surface area contributed by atoms with Crippen molar-refractivity contribution in [3.63, 3.8) is 0 Å². The van der Waals surface area contributed by atoms with Crippen LogP contribution in [0.3, 0.4) is 0 Å². The highest BCUT2D eigenvalue weighted by molar-refractivity contribution is 7.89. The first-order chi connectivity index (χ1) is 7.40. The van der Waals surface area contributed by atoms with Gasteiger partial charge in [-0.1, -0.05) is 0 Å². The lowest BCUT2D eigenvalue weighted by Crippen LogP contribution is -2.26. The molecule has 0 saturated heterocycles. The van der Waals surface area contributed by atoms with Gasteiger partial charge < -0.3 is 0 Å². The molecule has 1 radical (unpaired) electrons. The SMILES string of the molecule is [CH2]C1CC1NS(=O)(=O)c1ccc(F)c(C)c1. The fraction of sp³-hybridized carbons (Fsp3) is 0.364. The Hall–Kier alpha value is -0.940. The second kappa shape index (κ2) is 3.82. The molecule has 2 atom stereocenters. The van der Waals surface area contributed by atoms with Gasteiger partial charge in [0, 0.05) is 6.04 Å². The molecule has 16 heavy (non-hydrogen) atoms. The molecule has 1 aromatic rings. The topological polar surface area (TPSA) is 46.2 Å². The molecular formula is C11H13FNO2S. The summed E-state index contributed by atoms with van der Waals surface area (Å²) in [5.41, 5.74) is 0.324. The minimum absolute atomic E-state index is 0.0737. The Bertz CT molecular complexity index is 513. The number of benzene rings is 1. The van der Waals surface area contributed by atoms with Crippen molar-refractivity contribution in [1.29, 1.82) is 0 Å². The van der Waals surface area contributed by atoms with Crippen molar-refractivity contribution in [2.45, 2.75) is 24.3 Å². The van der Waals surface area contributed by atoms with Crippen molar-refractivity contribution >= 4 is 10.0 Å². The Morgan fingerprint density at radius 2 is 2.12 bits per heavy atom. The van der Waals surface area contributed by atoms with Gasteiger partial charge in [-0.25, -0.2) is 17.5 Å². The third kappa shape index (κ3) is 2.25. The first-order valence-corrected chi connectivity index (χ1v) is 6.50. The molecule has 2 rings (SSSR count). The van der Waals surface area contributed by atoms with E-state index in [1.165, 1.54) is 25.1 Å². The zero-order chi connectivity index (χ0) is 11.9. The number of nitrogens with one attached hydrogen (secondary N) is 1. The molecule has 5 heteroatoms. The zero-order valence-corrected chi connectivity index (χ0v) is 9.72. The molecule has 1 aliphatic carbocycles. The molecule has 1 fully saturated rings. The minimum atomic E-state index is -3.53. The smallest absolute Gasteiger partial charge is 0.208 e. The van der Waals surface area contributed by atoms with Gasteiger partial charge >= 0.3 is 0 Å². The lowest BCUT2D eigenvalue weighted by molar-refractivity contribution is 0.578. The molecule has 1 N–H and O–H groups in total. The van der Waals surface area contributed by atoms with Crippen LogP contribution in [0.5, 0.6) is 0 Å². The Balaban J connectivity index is 2.25. The van der Waals surface area contributed by atoms with Crippen molar-refractivity contribution in [2.24, 2.45) is 5.92 Å². The lowest BCUT2D eigenvalue weighted by Gasteiger charge is -2.06. The van der Waals surface area contributed by atoms with Crippen LogP contribution in [-0.4, -0.2) is 14.5 Å². The van der Waals surface area contributed by atoms with Crippen LogP contribution in [0.25, 0.3) is 0 Å². The Labute approximate surface area is 94.7 Å². The van der Waals surface area contributed by atoms with Crippen molar-refractivity contribution in [1.82, 2.24) is 4.72 Å². The standard InChI is InChI=1S/C11H13FNO2S/c1-7-5-9(3-4-10(7)12)16(14,15)13-11-6-8(11)2/h3-5,8,11,13H,2,6H2,1H3. The van der Waals surface area contributed by atoms with Crippen molar-refractivity contribution in [3.8, 4) is 0 Å². The van der Waals surface area contributed by atoms with E-state index in [9.17, 15) is 12.8 Å². The third-order valence-electron chi connectivity index (χ3n) is 2.67. The second-order valence-electron chi connectivity index (χ2n) is 4.13. The van der Waals surface area contributed by atoms with E-state index in [0.29, 0.717) is 5.56 Å². The van der Waals surface area contributed by atoms with Crippen molar-refractivity contribution in [2.75, 3.05) is 0 Å². The predicted octanol–water partition coefficient (Wildman–Crippen LogP) is 1.64. The molecule has 3 nitrogen and oxygen atoms in total. The number of hydrogen-bond donors (Lipinski definition) is 1. The van der Waals surface area contributed by atoms with Crippen LogP contribution in [0.2, 0.25) is 0 Å². The van der Waals surface area contributed by atoms with E-state index < -0.39 is 15.8 Å². The van der Waals surface area contributed by atoms with Crippen molar-refractivity contribution in [3.05, 3.63) is 36.5 Å². The predicted molar refractivity (Wildman–Crippen MR) is 58.7 cm³/mol. The molecule has 2 unspecified atom stereocenters. The van der Waals surface area contributed by atoms with Crippen LogP contribution in [0.1, 0.15) is 12.0 Å². The van der Waals surface area contributed by atoms with Crippen LogP contribution in [-0.2, 0) is 10.0 Å². The number of halogens is 1. The first kappa shape index (κ1) is 11.5. The van der Waals surface area contributed by atoms with Crippen LogP contribution >= 0.6 is 0 Å². The molecule has 0 heterocycles. The highest BCUT2D eigenvalue weighted by Crippen LogP contribution is 2.30. The van der Waals surface area contributed by atoms with Gasteiger partial charge in [0.05, 0.1) is 4.90 Å². The van der Waals surface area contributed by atoms with E-state index in [0.717, 1.165) is 6.42 Å². The summed E-state index contributed by atoms with van der Waals surface area (Å²) in [6.45, 7) is 5.29. The maximum atomic E-state index is 13.0. The summed E-state index contributed by atoms with van der Waals surface area (Å²) in [6, 6.07) is 3.69. The van der Waals surface area contributed by atoms with Gasteiger partial charge in [-0.15, -0.1) is 0 Å². The molecule has 0 aliphatic heterocycles. The molecular weight excluding hydrogens is 229 g/mol. The van der Waals surface area contributed by atoms with Crippen LogP contribution in [0, 0.1) is 25.6 Å². The van der Waals surface area contributed by atoms with E-state index in [1.807, 2.05) is 0 Å². The Kier molecular flexibility index (Phi) is 2.75. The van der Waals surface area contributed by atoms with E-state index in [1.54, 1.807) is 0 Å². The summed E-state index contributed by atoms with van der Waals surface area (Å²) in [4.78, 5) is 0.102. The molecule has 0 bridgehead atoms. The minimum Gasteiger partial charge on any atom is -0.208 e. The van der Waals surface area contributed by atoms with E-state index in [4.69, 9.17) is 0 Å². The Morgan fingerprint density at radius 1 is 1.50 bits per heavy atom. The van der Waals surface area contributed by atoms with Crippen molar-refractivity contribution < 1.29 is 12.8 Å². The van der Waals surface area contributed by atoms with Crippen LogP contribution in [0.15, 0.2) is 23.1 Å². The molecule has 1 aliphatic rings. The fourth-order valence-corrected chi connectivity index (χ4v) is 2.85. The number of rotatable bonds is 3. The van der Waals surface area contributed by atoms with Gasteiger partial charge in [-0.05, 0) is 49.9 Å². The van der Waals surface area contributed by atoms with E-state index in [-0.39, 0.29) is 16.9 Å².